The van der Waals surface area contributed by atoms with Crippen molar-refractivity contribution >= 4 is 19.4 Å². The van der Waals surface area contributed by atoms with Crippen LogP contribution in [-0.4, -0.2) is 26.6 Å². The third-order valence-electron chi connectivity index (χ3n) is 2.91. The van der Waals surface area contributed by atoms with Crippen LogP contribution in [0.1, 0.15) is 52.4 Å². The maximum absolute atomic E-state index is 5.88. The van der Waals surface area contributed by atoms with Crippen molar-refractivity contribution in [2.75, 3.05) is 6.61 Å². The van der Waals surface area contributed by atoms with Gasteiger partial charge in [-0.1, -0.05) is 0 Å². The van der Waals surface area contributed by atoms with E-state index in [1.165, 1.54) is 43.0 Å². The van der Waals surface area contributed by atoms with E-state index in [1.807, 2.05) is 0 Å². The van der Waals surface area contributed by atoms with Gasteiger partial charge in [-0.3, -0.25) is 0 Å². The fraction of sp³-hybridized carbons (Fsp3) is 0.625. The van der Waals surface area contributed by atoms with E-state index in [-0.39, 0.29) is 0 Å². The van der Waals surface area contributed by atoms with Crippen LogP contribution in [0.25, 0.3) is 0 Å². The molecule has 18 heavy (non-hydrogen) atoms. The second-order valence-electron chi connectivity index (χ2n) is 4.52. The topological polar surface area (TPSA) is 9.23 Å². The molecular formula is C16H26OSe. The predicted molar refractivity (Wildman–Crippen MR) is 80.6 cm³/mol. The van der Waals surface area contributed by atoms with Gasteiger partial charge in [-0.2, -0.15) is 0 Å². The molecule has 102 valence electrons. The number of hydrogen-bond acceptors (Lipinski definition) is 1. The van der Waals surface area contributed by atoms with E-state index in [9.17, 15) is 0 Å². The van der Waals surface area contributed by atoms with Gasteiger partial charge < -0.3 is 0 Å². The molecule has 1 aromatic rings. The van der Waals surface area contributed by atoms with E-state index in [0.717, 1.165) is 6.61 Å². The Morgan fingerprint density at radius 1 is 1.00 bits per heavy atom. The van der Waals surface area contributed by atoms with Crippen LogP contribution in [0, 0.1) is 0 Å². The number of rotatable bonds is 10. The molecule has 0 saturated heterocycles. The Morgan fingerprint density at radius 2 is 1.72 bits per heavy atom. The van der Waals surface area contributed by atoms with Crippen molar-refractivity contribution in [3.63, 3.8) is 0 Å². The molecule has 1 unspecified atom stereocenters. The summed E-state index contributed by atoms with van der Waals surface area (Å²) in [6.45, 7) is 5.21. The summed E-state index contributed by atoms with van der Waals surface area (Å²) in [7, 11) is 0. The molecule has 0 aliphatic heterocycles. The van der Waals surface area contributed by atoms with Crippen molar-refractivity contribution in [2.24, 2.45) is 0 Å². The number of hydrogen-bond donors (Lipinski definition) is 0. The summed E-state index contributed by atoms with van der Waals surface area (Å²) < 4.78 is 7.34. The summed E-state index contributed by atoms with van der Waals surface area (Å²) in [5.41, 5.74) is 0. The summed E-state index contributed by atoms with van der Waals surface area (Å²) in [6, 6.07) is 10.8. The van der Waals surface area contributed by atoms with Crippen LogP contribution in [0.15, 0.2) is 30.3 Å². The van der Waals surface area contributed by atoms with Crippen LogP contribution in [0.2, 0.25) is 0 Å². The first-order chi connectivity index (χ1) is 8.86. The molecule has 0 bridgehead atoms. The van der Waals surface area contributed by atoms with E-state index in [0.29, 0.717) is 20.0 Å². The van der Waals surface area contributed by atoms with Gasteiger partial charge in [0.1, 0.15) is 0 Å². The predicted octanol–water partition coefficient (Wildman–Crippen LogP) is 3.74. The molecule has 0 fully saturated rings. The molecule has 0 saturated carbocycles. The van der Waals surface area contributed by atoms with Crippen molar-refractivity contribution in [1.29, 1.82) is 0 Å². The second-order valence-corrected chi connectivity index (χ2v) is 7.11. The Morgan fingerprint density at radius 3 is 2.39 bits per heavy atom. The van der Waals surface area contributed by atoms with Gasteiger partial charge in [-0.15, -0.1) is 0 Å². The van der Waals surface area contributed by atoms with Gasteiger partial charge >= 0.3 is 118 Å². The van der Waals surface area contributed by atoms with Crippen molar-refractivity contribution < 1.29 is 4.74 Å². The SMILES string of the molecule is CCCCCCCC(OCC)[Se]c1ccccc1. The summed E-state index contributed by atoms with van der Waals surface area (Å²) in [4.78, 5) is 0. The summed E-state index contributed by atoms with van der Waals surface area (Å²) in [6.07, 6.45) is 7.99. The van der Waals surface area contributed by atoms with Gasteiger partial charge in [-0.25, -0.2) is 0 Å². The van der Waals surface area contributed by atoms with Gasteiger partial charge in [0.05, 0.1) is 0 Å². The van der Waals surface area contributed by atoms with E-state index in [2.05, 4.69) is 44.2 Å². The van der Waals surface area contributed by atoms with Crippen LogP contribution >= 0.6 is 0 Å². The second kappa shape index (κ2) is 10.6. The van der Waals surface area contributed by atoms with Crippen molar-refractivity contribution in [1.82, 2.24) is 0 Å². The molecule has 0 radical (unpaired) electrons. The number of ether oxygens (including phenoxy) is 1. The Balaban J connectivity index is 2.26. The average molecular weight is 313 g/mol. The van der Waals surface area contributed by atoms with E-state index >= 15 is 0 Å². The van der Waals surface area contributed by atoms with Crippen molar-refractivity contribution in [3.05, 3.63) is 30.3 Å². The Bertz CT molecular complexity index is 286. The fourth-order valence-corrected chi connectivity index (χ4v) is 4.25. The zero-order chi connectivity index (χ0) is 13.1. The van der Waals surface area contributed by atoms with Gasteiger partial charge in [0, 0.05) is 0 Å². The molecule has 1 rings (SSSR count). The number of unbranched alkanes of at least 4 members (excludes halogenated alkanes) is 4. The van der Waals surface area contributed by atoms with Crippen LogP contribution < -0.4 is 4.46 Å². The quantitative estimate of drug-likeness (QED) is 0.472. The molecule has 0 aliphatic rings. The summed E-state index contributed by atoms with van der Waals surface area (Å²) in [5.74, 6) is 0. The Hall–Kier alpha value is -0.301. The van der Waals surface area contributed by atoms with Gasteiger partial charge in [0.25, 0.3) is 0 Å². The minimum absolute atomic E-state index is 0.460. The standard InChI is InChI=1S/C16H26OSe/c1-3-5-6-7-11-14-16(17-4-2)18-15-12-9-8-10-13-15/h8-10,12-13,16H,3-7,11,14H2,1-2H3. The molecular weight excluding hydrogens is 287 g/mol. The molecule has 0 N–H and O–H groups in total. The Labute approximate surface area is 118 Å². The molecule has 1 atom stereocenters. The summed E-state index contributed by atoms with van der Waals surface area (Å²) in [5, 5.41) is 0.464. The zero-order valence-electron chi connectivity index (χ0n) is 11.7. The van der Waals surface area contributed by atoms with Crippen LogP contribution in [0.5, 0.6) is 0 Å². The van der Waals surface area contributed by atoms with Gasteiger partial charge in [-0.05, 0) is 0 Å². The molecule has 0 heterocycles. The molecule has 0 aromatic heterocycles. The Kier molecular flexibility index (Phi) is 9.28. The first kappa shape index (κ1) is 15.8. The maximum atomic E-state index is 5.88. The normalized spacial score (nSPS) is 12.6. The molecule has 2 heteroatoms. The van der Waals surface area contributed by atoms with E-state index in [4.69, 9.17) is 4.74 Å². The third kappa shape index (κ3) is 7.20. The first-order valence-corrected chi connectivity index (χ1v) is 9.04. The molecule has 1 aromatic carbocycles. The first-order valence-electron chi connectivity index (χ1n) is 7.20. The van der Waals surface area contributed by atoms with Crippen molar-refractivity contribution in [2.45, 2.75) is 57.4 Å². The molecule has 1 nitrogen and oxygen atoms in total. The van der Waals surface area contributed by atoms with Crippen molar-refractivity contribution in [3.8, 4) is 0 Å². The van der Waals surface area contributed by atoms with Crippen LogP contribution in [-0.2, 0) is 4.74 Å². The van der Waals surface area contributed by atoms with Gasteiger partial charge in [0.2, 0.25) is 0 Å². The van der Waals surface area contributed by atoms with Crippen LogP contribution in [0.4, 0.5) is 0 Å². The summed E-state index contributed by atoms with van der Waals surface area (Å²) >= 11 is 0.460. The zero-order valence-corrected chi connectivity index (χ0v) is 13.4. The van der Waals surface area contributed by atoms with E-state index < -0.39 is 0 Å². The average Bonchev–Trinajstić information content (AvgIpc) is 2.40. The molecule has 0 aliphatic carbocycles. The molecule has 0 spiro atoms. The molecule has 0 amide bonds. The number of benzene rings is 1. The van der Waals surface area contributed by atoms with E-state index in [1.54, 1.807) is 0 Å². The van der Waals surface area contributed by atoms with Crippen LogP contribution in [0.3, 0.4) is 0 Å². The van der Waals surface area contributed by atoms with Gasteiger partial charge in [0.15, 0.2) is 0 Å². The third-order valence-corrected chi connectivity index (χ3v) is 5.38. The monoisotopic (exact) mass is 314 g/mol. The minimum atomic E-state index is 0.460. The fourth-order valence-electron chi connectivity index (χ4n) is 1.93.